The Kier molecular flexibility index (Phi) is 4.52. The molecule has 0 bridgehead atoms. The molecule has 3 rings (SSSR count). The quantitative estimate of drug-likeness (QED) is 0.639. The average Bonchev–Trinajstić information content (AvgIpc) is 3.22. The van der Waals surface area contributed by atoms with E-state index >= 15 is 0 Å². The minimum Gasteiger partial charge on any atom is -0.331 e. The largest absolute Gasteiger partial charge is 0.331 e. The summed E-state index contributed by atoms with van der Waals surface area (Å²) in [5.41, 5.74) is 3.18. The molecule has 21 heavy (non-hydrogen) atoms. The smallest absolute Gasteiger partial charge is 0.256 e. The van der Waals surface area contributed by atoms with Crippen molar-refractivity contribution in [1.82, 2.24) is 4.90 Å². The van der Waals surface area contributed by atoms with Gasteiger partial charge in [-0.1, -0.05) is 29.8 Å². The number of carbonyl (C=O) groups is 1. The fourth-order valence-corrected chi connectivity index (χ4v) is 5.06. The van der Waals surface area contributed by atoms with Crippen molar-refractivity contribution in [2.24, 2.45) is 0 Å². The first-order valence-electron chi connectivity index (χ1n) is 6.86. The van der Waals surface area contributed by atoms with Crippen LogP contribution in [0.25, 0.3) is 0 Å². The van der Waals surface area contributed by atoms with Gasteiger partial charge in [0.1, 0.15) is 0 Å². The summed E-state index contributed by atoms with van der Waals surface area (Å²) in [6.07, 6.45) is 2.22. The number of carbonyl (C=O) groups excluding carboxylic acids is 1. The van der Waals surface area contributed by atoms with E-state index in [1.165, 1.54) is 11.1 Å². The monoisotopic (exact) mass is 427 g/mol. The van der Waals surface area contributed by atoms with Crippen LogP contribution in [0.15, 0.2) is 37.9 Å². The molecule has 0 saturated heterocycles. The summed E-state index contributed by atoms with van der Waals surface area (Å²) in [6.45, 7) is 2.76. The summed E-state index contributed by atoms with van der Waals surface area (Å²) in [5, 5.41) is 0. The second-order valence-corrected chi connectivity index (χ2v) is 9.14. The van der Waals surface area contributed by atoms with Crippen molar-refractivity contribution in [2.75, 3.05) is 0 Å². The van der Waals surface area contributed by atoms with E-state index < -0.39 is 0 Å². The van der Waals surface area contributed by atoms with Crippen molar-refractivity contribution in [3.63, 3.8) is 0 Å². The van der Waals surface area contributed by atoms with Gasteiger partial charge in [-0.05, 0) is 63.3 Å². The Bertz CT molecular complexity index is 661. The van der Waals surface area contributed by atoms with Crippen LogP contribution in [0.2, 0.25) is 0 Å². The molecule has 0 N–H and O–H groups in total. The third kappa shape index (κ3) is 3.58. The van der Waals surface area contributed by atoms with Crippen LogP contribution in [-0.2, 0) is 6.54 Å². The number of benzene rings is 1. The fourth-order valence-electron chi connectivity index (χ4n) is 2.28. The minimum absolute atomic E-state index is 0.118. The second kappa shape index (κ2) is 6.23. The number of rotatable bonds is 4. The third-order valence-electron chi connectivity index (χ3n) is 3.61. The van der Waals surface area contributed by atoms with Gasteiger partial charge in [0.2, 0.25) is 0 Å². The summed E-state index contributed by atoms with van der Waals surface area (Å²) in [4.78, 5) is 14.8. The average molecular weight is 429 g/mol. The SMILES string of the molecule is Cc1ccc(CN(C(=O)c2cc(Br)sc2Br)C2CC2)cc1. The zero-order valence-corrected chi connectivity index (χ0v) is 15.6. The van der Waals surface area contributed by atoms with E-state index in [9.17, 15) is 4.79 Å². The highest BCUT2D eigenvalue weighted by atomic mass is 79.9. The first kappa shape index (κ1) is 15.3. The number of thiophene rings is 1. The van der Waals surface area contributed by atoms with Gasteiger partial charge in [-0.25, -0.2) is 0 Å². The highest BCUT2D eigenvalue weighted by Crippen LogP contribution is 2.36. The lowest BCUT2D eigenvalue weighted by atomic mass is 10.1. The van der Waals surface area contributed by atoms with Gasteiger partial charge in [0.25, 0.3) is 5.91 Å². The third-order valence-corrected chi connectivity index (χ3v) is 5.95. The molecule has 0 spiro atoms. The van der Waals surface area contributed by atoms with E-state index in [2.05, 4.69) is 63.0 Å². The van der Waals surface area contributed by atoms with Crippen molar-refractivity contribution in [3.8, 4) is 0 Å². The predicted octanol–water partition coefficient (Wildman–Crippen LogP) is 5.39. The molecule has 1 amide bonds. The summed E-state index contributed by atoms with van der Waals surface area (Å²) in [6, 6.07) is 10.7. The summed E-state index contributed by atoms with van der Waals surface area (Å²) >= 11 is 8.48. The number of aryl methyl sites for hydroxylation is 1. The van der Waals surface area contributed by atoms with Crippen molar-refractivity contribution >= 4 is 49.1 Å². The molecule has 110 valence electrons. The summed E-state index contributed by atoms with van der Waals surface area (Å²) in [7, 11) is 0. The van der Waals surface area contributed by atoms with Crippen LogP contribution in [0.4, 0.5) is 0 Å². The first-order valence-corrected chi connectivity index (χ1v) is 9.26. The molecule has 0 unspecified atom stereocenters. The molecule has 0 aliphatic heterocycles. The second-order valence-electron chi connectivity index (χ2n) is 5.39. The lowest BCUT2D eigenvalue weighted by Crippen LogP contribution is -2.32. The fraction of sp³-hybridized carbons (Fsp3) is 0.312. The molecule has 2 nitrogen and oxygen atoms in total. The Morgan fingerprint density at radius 3 is 2.48 bits per heavy atom. The van der Waals surface area contributed by atoms with Gasteiger partial charge in [-0.15, -0.1) is 11.3 Å². The minimum atomic E-state index is 0.118. The number of amides is 1. The number of nitrogens with zero attached hydrogens (tertiary/aromatic N) is 1. The Morgan fingerprint density at radius 2 is 1.95 bits per heavy atom. The maximum atomic E-state index is 12.8. The number of hydrogen-bond acceptors (Lipinski definition) is 2. The van der Waals surface area contributed by atoms with Gasteiger partial charge in [-0.2, -0.15) is 0 Å². The van der Waals surface area contributed by atoms with Crippen LogP contribution in [-0.4, -0.2) is 16.8 Å². The number of halogens is 2. The van der Waals surface area contributed by atoms with E-state index in [0.717, 1.165) is 26.0 Å². The van der Waals surface area contributed by atoms with Gasteiger partial charge in [0.05, 0.1) is 13.1 Å². The van der Waals surface area contributed by atoms with Crippen LogP contribution < -0.4 is 0 Å². The molecule has 1 aromatic heterocycles. The molecule has 0 radical (unpaired) electrons. The summed E-state index contributed by atoms with van der Waals surface area (Å²) < 4.78 is 1.87. The van der Waals surface area contributed by atoms with Gasteiger partial charge in [0, 0.05) is 12.6 Å². The molecule has 1 fully saturated rings. The molecule has 1 aliphatic carbocycles. The highest BCUT2D eigenvalue weighted by Gasteiger charge is 2.34. The van der Waals surface area contributed by atoms with Crippen molar-refractivity contribution in [1.29, 1.82) is 0 Å². The van der Waals surface area contributed by atoms with E-state index in [0.29, 0.717) is 12.6 Å². The summed E-state index contributed by atoms with van der Waals surface area (Å²) in [5.74, 6) is 0.118. The molecule has 5 heteroatoms. The van der Waals surface area contributed by atoms with Gasteiger partial charge in [0.15, 0.2) is 0 Å². The Labute approximate surface area is 145 Å². The van der Waals surface area contributed by atoms with E-state index in [1.54, 1.807) is 11.3 Å². The topological polar surface area (TPSA) is 20.3 Å². The Balaban J connectivity index is 1.83. The van der Waals surface area contributed by atoms with Crippen molar-refractivity contribution < 1.29 is 4.79 Å². The predicted molar refractivity (Wildman–Crippen MR) is 93.8 cm³/mol. The lowest BCUT2D eigenvalue weighted by molar-refractivity contribution is 0.0729. The van der Waals surface area contributed by atoms with Crippen molar-refractivity contribution in [2.45, 2.75) is 32.4 Å². The first-order chi connectivity index (χ1) is 10.0. The molecule has 1 aliphatic rings. The van der Waals surface area contributed by atoms with E-state index in [-0.39, 0.29) is 5.91 Å². The standard InChI is InChI=1S/C16H15Br2NOS/c1-10-2-4-11(5-3-10)9-19(12-6-7-12)16(20)13-8-14(17)21-15(13)18/h2-5,8,12H,6-7,9H2,1H3. The van der Waals surface area contributed by atoms with Crippen LogP contribution >= 0.6 is 43.2 Å². The molecule has 0 atom stereocenters. The number of hydrogen-bond donors (Lipinski definition) is 0. The lowest BCUT2D eigenvalue weighted by Gasteiger charge is -2.22. The zero-order chi connectivity index (χ0) is 15.0. The zero-order valence-electron chi connectivity index (χ0n) is 11.6. The maximum absolute atomic E-state index is 12.8. The highest BCUT2D eigenvalue weighted by molar-refractivity contribution is 9.12. The molecular formula is C16H15Br2NOS. The molecule has 1 heterocycles. The van der Waals surface area contributed by atoms with Crippen LogP contribution in [0.5, 0.6) is 0 Å². The van der Waals surface area contributed by atoms with Crippen LogP contribution in [0.1, 0.15) is 34.3 Å². The van der Waals surface area contributed by atoms with Crippen LogP contribution in [0, 0.1) is 6.92 Å². The molecule has 2 aromatic rings. The normalized spacial score (nSPS) is 14.2. The van der Waals surface area contributed by atoms with Gasteiger partial charge in [-0.3, -0.25) is 4.79 Å². The molecule has 1 saturated carbocycles. The van der Waals surface area contributed by atoms with E-state index in [4.69, 9.17) is 0 Å². The maximum Gasteiger partial charge on any atom is 0.256 e. The van der Waals surface area contributed by atoms with E-state index in [1.807, 2.05) is 11.0 Å². The molecule has 1 aromatic carbocycles. The van der Waals surface area contributed by atoms with Crippen molar-refractivity contribution in [3.05, 3.63) is 54.6 Å². The van der Waals surface area contributed by atoms with Gasteiger partial charge < -0.3 is 4.90 Å². The Morgan fingerprint density at radius 1 is 1.29 bits per heavy atom. The van der Waals surface area contributed by atoms with Gasteiger partial charge >= 0.3 is 0 Å². The van der Waals surface area contributed by atoms with Crippen LogP contribution in [0.3, 0.4) is 0 Å². The Hall–Kier alpha value is -0.650. The molecular weight excluding hydrogens is 414 g/mol.